The summed E-state index contributed by atoms with van der Waals surface area (Å²) in [6.45, 7) is 1.79. The largest absolute Gasteiger partial charge is 0.463 e. The predicted octanol–water partition coefficient (Wildman–Crippen LogP) is 3.27. The van der Waals surface area contributed by atoms with Crippen LogP contribution in [0.5, 0.6) is 0 Å². The number of halogens is 1. The van der Waals surface area contributed by atoms with Gasteiger partial charge in [-0.1, -0.05) is 11.6 Å². The van der Waals surface area contributed by atoms with Gasteiger partial charge in [0.1, 0.15) is 5.69 Å². The van der Waals surface area contributed by atoms with Gasteiger partial charge in [-0.05, 0) is 55.8 Å². The van der Waals surface area contributed by atoms with Crippen molar-refractivity contribution in [3.05, 3.63) is 59.4 Å². The molecule has 0 aliphatic carbocycles. The summed E-state index contributed by atoms with van der Waals surface area (Å²) in [5, 5.41) is 11.5. The summed E-state index contributed by atoms with van der Waals surface area (Å²) in [7, 11) is 0. The van der Waals surface area contributed by atoms with Crippen molar-refractivity contribution in [3.63, 3.8) is 0 Å². The van der Waals surface area contributed by atoms with E-state index in [1.165, 1.54) is 0 Å². The van der Waals surface area contributed by atoms with Crippen molar-refractivity contribution in [1.82, 2.24) is 20.4 Å². The maximum absolute atomic E-state index is 12.7. The highest BCUT2D eigenvalue weighted by Gasteiger charge is 2.21. The van der Waals surface area contributed by atoms with Crippen LogP contribution in [0.3, 0.4) is 0 Å². The first-order valence-corrected chi connectivity index (χ1v) is 9.00. The molecule has 1 amide bonds. The van der Waals surface area contributed by atoms with E-state index in [0.29, 0.717) is 22.2 Å². The molecule has 6 nitrogen and oxygen atoms in total. The van der Waals surface area contributed by atoms with Gasteiger partial charge < -0.3 is 15.1 Å². The molecular formula is C19H19ClN4O2. The zero-order valence-corrected chi connectivity index (χ0v) is 14.9. The molecule has 134 valence electrons. The number of carbonyl (C=O) groups excluding carboxylic acids is 1. The monoisotopic (exact) mass is 370 g/mol. The number of aromatic nitrogens is 2. The highest BCUT2D eigenvalue weighted by molar-refractivity contribution is 6.30. The van der Waals surface area contributed by atoms with Crippen LogP contribution in [-0.2, 0) is 0 Å². The minimum Gasteiger partial charge on any atom is -0.463 e. The minimum absolute atomic E-state index is 0.129. The average molecular weight is 371 g/mol. The number of carbonyl (C=O) groups is 1. The molecule has 0 radical (unpaired) electrons. The van der Waals surface area contributed by atoms with Crippen molar-refractivity contribution >= 4 is 17.5 Å². The number of nitrogens with one attached hydrogen (secondary N) is 2. The van der Waals surface area contributed by atoms with Crippen LogP contribution in [0, 0.1) is 0 Å². The minimum atomic E-state index is -0.181. The first-order chi connectivity index (χ1) is 12.7. The maximum atomic E-state index is 12.7. The number of rotatable bonds is 4. The van der Waals surface area contributed by atoms with Gasteiger partial charge in [-0.25, -0.2) is 4.68 Å². The van der Waals surface area contributed by atoms with Crippen molar-refractivity contribution in [3.8, 4) is 17.1 Å². The number of amides is 1. The molecule has 0 unspecified atom stereocenters. The molecule has 1 aromatic carbocycles. The van der Waals surface area contributed by atoms with Crippen LogP contribution < -0.4 is 10.6 Å². The van der Waals surface area contributed by atoms with Crippen molar-refractivity contribution in [1.29, 1.82) is 0 Å². The van der Waals surface area contributed by atoms with Gasteiger partial charge >= 0.3 is 0 Å². The molecule has 7 heteroatoms. The molecule has 2 N–H and O–H groups in total. The highest BCUT2D eigenvalue weighted by atomic mass is 35.5. The fraction of sp³-hybridized carbons (Fsp3) is 0.263. The molecule has 0 saturated carbocycles. The molecule has 1 saturated heterocycles. The second kappa shape index (κ2) is 7.35. The van der Waals surface area contributed by atoms with Gasteiger partial charge in [0.25, 0.3) is 5.91 Å². The van der Waals surface area contributed by atoms with Crippen LogP contribution in [-0.4, -0.2) is 34.8 Å². The Kier molecular flexibility index (Phi) is 4.77. The first-order valence-electron chi connectivity index (χ1n) is 8.62. The number of furan rings is 1. The SMILES string of the molecule is O=C(N[C@H]1CCCNC1)c1cc(-c2ccco2)n(-c2ccc(Cl)cc2)n1. The Bertz CT molecular complexity index is 881. The van der Waals surface area contributed by atoms with E-state index in [9.17, 15) is 4.79 Å². The third kappa shape index (κ3) is 3.52. The van der Waals surface area contributed by atoms with E-state index in [-0.39, 0.29) is 11.9 Å². The molecule has 2 aromatic heterocycles. The third-order valence-electron chi connectivity index (χ3n) is 4.42. The number of hydrogen-bond donors (Lipinski definition) is 2. The Balaban J connectivity index is 1.66. The van der Waals surface area contributed by atoms with E-state index < -0.39 is 0 Å². The van der Waals surface area contributed by atoms with E-state index >= 15 is 0 Å². The van der Waals surface area contributed by atoms with Crippen LogP contribution in [0.15, 0.2) is 53.1 Å². The normalized spacial score (nSPS) is 17.2. The van der Waals surface area contributed by atoms with Crippen LogP contribution in [0.1, 0.15) is 23.3 Å². The van der Waals surface area contributed by atoms with E-state index in [4.69, 9.17) is 16.0 Å². The van der Waals surface area contributed by atoms with Crippen molar-refractivity contribution < 1.29 is 9.21 Å². The Morgan fingerprint density at radius 2 is 2.15 bits per heavy atom. The van der Waals surface area contributed by atoms with Gasteiger partial charge in [0.2, 0.25) is 0 Å². The quantitative estimate of drug-likeness (QED) is 0.739. The molecule has 3 heterocycles. The summed E-state index contributed by atoms with van der Waals surface area (Å²) in [5.41, 5.74) is 1.88. The second-order valence-electron chi connectivity index (χ2n) is 6.30. The molecule has 1 atom stereocenters. The second-order valence-corrected chi connectivity index (χ2v) is 6.73. The Morgan fingerprint density at radius 3 is 2.85 bits per heavy atom. The number of nitrogens with zero attached hydrogens (tertiary/aromatic N) is 2. The van der Waals surface area contributed by atoms with Crippen LogP contribution in [0.4, 0.5) is 0 Å². The molecule has 3 aromatic rings. The van der Waals surface area contributed by atoms with Gasteiger partial charge in [0.05, 0.1) is 12.0 Å². The summed E-state index contributed by atoms with van der Waals surface area (Å²) in [5.74, 6) is 0.463. The van der Waals surface area contributed by atoms with E-state index in [1.54, 1.807) is 29.1 Å². The topological polar surface area (TPSA) is 72.1 Å². The number of piperidine rings is 1. The third-order valence-corrected chi connectivity index (χ3v) is 4.67. The van der Waals surface area contributed by atoms with E-state index in [0.717, 1.165) is 31.6 Å². The lowest BCUT2D eigenvalue weighted by molar-refractivity contribution is 0.0925. The molecule has 1 aliphatic heterocycles. The van der Waals surface area contributed by atoms with Crippen LogP contribution in [0.2, 0.25) is 5.02 Å². The molecular weight excluding hydrogens is 352 g/mol. The predicted molar refractivity (Wildman–Crippen MR) is 99.6 cm³/mol. The molecule has 26 heavy (non-hydrogen) atoms. The summed E-state index contributed by atoms with van der Waals surface area (Å²) < 4.78 is 7.22. The zero-order chi connectivity index (χ0) is 17.9. The van der Waals surface area contributed by atoms with E-state index in [1.807, 2.05) is 24.3 Å². The number of benzene rings is 1. The standard InChI is InChI=1S/C19H19ClN4O2/c20-13-5-7-15(8-6-13)24-17(18-4-2-10-26-18)11-16(23-24)19(25)22-14-3-1-9-21-12-14/h2,4-8,10-11,14,21H,1,3,9,12H2,(H,22,25)/t14-/m0/s1. The lowest BCUT2D eigenvalue weighted by Crippen LogP contribution is -2.45. The lowest BCUT2D eigenvalue weighted by atomic mass is 10.1. The van der Waals surface area contributed by atoms with Crippen molar-refractivity contribution in [2.75, 3.05) is 13.1 Å². The fourth-order valence-electron chi connectivity index (χ4n) is 3.11. The van der Waals surface area contributed by atoms with E-state index in [2.05, 4.69) is 15.7 Å². The highest BCUT2D eigenvalue weighted by Crippen LogP contribution is 2.25. The van der Waals surface area contributed by atoms with Crippen molar-refractivity contribution in [2.45, 2.75) is 18.9 Å². The van der Waals surface area contributed by atoms with Crippen LogP contribution >= 0.6 is 11.6 Å². The van der Waals surface area contributed by atoms with Crippen LogP contribution in [0.25, 0.3) is 17.1 Å². The van der Waals surface area contributed by atoms with Gasteiger partial charge in [-0.3, -0.25) is 4.79 Å². The average Bonchev–Trinajstić information content (AvgIpc) is 3.33. The molecule has 1 fully saturated rings. The number of hydrogen-bond acceptors (Lipinski definition) is 4. The summed E-state index contributed by atoms with van der Waals surface area (Å²) in [6.07, 6.45) is 3.63. The molecule has 1 aliphatic rings. The first kappa shape index (κ1) is 16.9. The smallest absolute Gasteiger partial charge is 0.272 e. The Hall–Kier alpha value is -2.57. The lowest BCUT2D eigenvalue weighted by Gasteiger charge is -2.23. The summed E-state index contributed by atoms with van der Waals surface area (Å²) in [6, 6.07) is 12.8. The van der Waals surface area contributed by atoms with Gasteiger partial charge in [-0.2, -0.15) is 5.10 Å². The Morgan fingerprint density at radius 1 is 1.31 bits per heavy atom. The van der Waals surface area contributed by atoms with Gasteiger partial charge in [0, 0.05) is 23.7 Å². The maximum Gasteiger partial charge on any atom is 0.272 e. The van der Waals surface area contributed by atoms with Gasteiger partial charge in [-0.15, -0.1) is 0 Å². The summed E-state index contributed by atoms with van der Waals surface area (Å²) in [4.78, 5) is 12.7. The molecule has 4 rings (SSSR count). The Labute approximate surface area is 156 Å². The molecule has 0 bridgehead atoms. The van der Waals surface area contributed by atoms with Crippen molar-refractivity contribution in [2.24, 2.45) is 0 Å². The molecule has 0 spiro atoms. The summed E-state index contributed by atoms with van der Waals surface area (Å²) >= 11 is 5.98. The van der Waals surface area contributed by atoms with Gasteiger partial charge in [0.15, 0.2) is 11.5 Å². The fourth-order valence-corrected chi connectivity index (χ4v) is 3.23. The zero-order valence-electron chi connectivity index (χ0n) is 14.1.